The van der Waals surface area contributed by atoms with Crippen molar-refractivity contribution in [1.82, 2.24) is 0 Å². The van der Waals surface area contributed by atoms with Gasteiger partial charge >= 0.3 is 5.97 Å². The minimum Gasteiger partial charge on any atom is -0.423 e. The number of rotatable bonds is 3. The van der Waals surface area contributed by atoms with E-state index in [1.807, 2.05) is 61.5 Å². The minimum absolute atomic E-state index is 0.0984. The fourth-order valence-electron chi connectivity index (χ4n) is 2.91. The second kappa shape index (κ2) is 7.17. The standard InChI is InChI=1S/C24H24O2/c1-17-10-15-22(21(16-17)24(2,3)4)26-23(25)20-13-11-19(12-14-20)18-8-6-5-7-9-18/h5-16H,1-4H3. The Kier molecular flexibility index (Phi) is 4.94. The second-order valence-corrected chi connectivity index (χ2v) is 7.58. The van der Waals surface area contributed by atoms with Crippen molar-refractivity contribution in [3.63, 3.8) is 0 Å². The third-order valence-corrected chi connectivity index (χ3v) is 4.37. The summed E-state index contributed by atoms with van der Waals surface area (Å²) in [5.74, 6) is 0.291. The number of ether oxygens (including phenoxy) is 1. The van der Waals surface area contributed by atoms with Crippen LogP contribution in [0.2, 0.25) is 0 Å². The van der Waals surface area contributed by atoms with Crippen LogP contribution in [0.15, 0.2) is 72.8 Å². The van der Waals surface area contributed by atoms with Gasteiger partial charge in [-0.1, -0.05) is 80.9 Å². The highest BCUT2D eigenvalue weighted by atomic mass is 16.5. The van der Waals surface area contributed by atoms with E-state index in [2.05, 4.69) is 39.0 Å². The molecule has 132 valence electrons. The summed E-state index contributed by atoms with van der Waals surface area (Å²) in [4.78, 5) is 12.6. The van der Waals surface area contributed by atoms with Gasteiger partial charge in [-0.25, -0.2) is 4.79 Å². The molecule has 0 amide bonds. The van der Waals surface area contributed by atoms with Crippen LogP contribution in [-0.4, -0.2) is 5.97 Å². The zero-order chi connectivity index (χ0) is 18.7. The summed E-state index contributed by atoms with van der Waals surface area (Å²) in [5.41, 5.74) is 4.84. The van der Waals surface area contributed by atoms with Crippen LogP contribution in [-0.2, 0) is 5.41 Å². The molecule has 0 aliphatic heterocycles. The highest BCUT2D eigenvalue weighted by Gasteiger charge is 2.21. The van der Waals surface area contributed by atoms with Gasteiger partial charge in [-0.05, 0) is 41.7 Å². The Bertz CT molecular complexity index is 901. The second-order valence-electron chi connectivity index (χ2n) is 7.58. The summed E-state index contributed by atoms with van der Waals surface area (Å²) < 4.78 is 5.72. The van der Waals surface area contributed by atoms with Crippen LogP contribution < -0.4 is 4.74 Å². The van der Waals surface area contributed by atoms with Crippen molar-refractivity contribution < 1.29 is 9.53 Å². The fraction of sp³-hybridized carbons (Fsp3) is 0.208. The molecule has 0 atom stereocenters. The van der Waals surface area contributed by atoms with Crippen LogP contribution in [0.4, 0.5) is 0 Å². The summed E-state index contributed by atoms with van der Waals surface area (Å²) in [6.07, 6.45) is 0. The topological polar surface area (TPSA) is 26.3 Å². The molecule has 2 heteroatoms. The van der Waals surface area contributed by atoms with Crippen molar-refractivity contribution in [2.24, 2.45) is 0 Å². The number of benzene rings is 3. The molecule has 0 fully saturated rings. The first-order valence-electron chi connectivity index (χ1n) is 8.83. The van der Waals surface area contributed by atoms with Crippen LogP contribution >= 0.6 is 0 Å². The van der Waals surface area contributed by atoms with E-state index in [1.54, 1.807) is 0 Å². The SMILES string of the molecule is Cc1ccc(OC(=O)c2ccc(-c3ccccc3)cc2)c(C(C)(C)C)c1. The van der Waals surface area contributed by atoms with Gasteiger partial charge in [0.05, 0.1) is 5.56 Å². The van der Waals surface area contributed by atoms with E-state index in [0.717, 1.165) is 22.3 Å². The van der Waals surface area contributed by atoms with Crippen molar-refractivity contribution in [3.05, 3.63) is 89.5 Å². The molecule has 0 radical (unpaired) electrons. The number of hydrogen-bond donors (Lipinski definition) is 0. The van der Waals surface area contributed by atoms with Gasteiger partial charge in [0.15, 0.2) is 0 Å². The Morgan fingerprint density at radius 3 is 2.04 bits per heavy atom. The minimum atomic E-state index is -0.334. The smallest absolute Gasteiger partial charge is 0.343 e. The van der Waals surface area contributed by atoms with Crippen LogP contribution in [0.5, 0.6) is 5.75 Å². The van der Waals surface area contributed by atoms with Crippen molar-refractivity contribution >= 4 is 5.97 Å². The van der Waals surface area contributed by atoms with E-state index in [-0.39, 0.29) is 11.4 Å². The van der Waals surface area contributed by atoms with E-state index in [9.17, 15) is 4.79 Å². The molecule has 0 saturated heterocycles. The third kappa shape index (κ3) is 4.02. The zero-order valence-corrected chi connectivity index (χ0v) is 15.7. The van der Waals surface area contributed by atoms with E-state index in [1.165, 1.54) is 0 Å². The van der Waals surface area contributed by atoms with E-state index < -0.39 is 0 Å². The lowest BCUT2D eigenvalue weighted by atomic mass is 9.85. The summed E-state index contributed by atoms with van der Waals surface area (Å²) in [7, 11) is 0. The van der Waals surface area contributed by atoms with Gasteiger partial charge < -0.3 is 4.74 Å². The molecule has 3 aromatic rings. The molecule has 0 N–H and O–H groups in total. The van der Waals surface area contributed by atoms with Crippen molar-refractivity contribution in [2.75, 3.05) is 0 Å². The molecule has 2 nitrogen and oxygen atoms in total. The van der Waals surface area contributed by atoms with Crippen LogP contribution in [0.25, 0.3) is 11.1 Å². The fourth-order valence-corrected chi connectivity index (χ4v) is 2.91. The van der Waals surface area contributed by atoms with Gasteiger partial charge in [0.1, 0.15) is 5.75 Å². The molecule has 3 aromatic carbocycles. The highest BCUT2D eigenvalue weighted by molar-refractivity contribution is 5.91. The average Bonchev–Trinajstić information content (AvgIpc) is 2.63. The van der Waals surface area contributed by atoms with Gasteiger partial charge in [0.2, 0.25) is 0 Å². The molecule has 0 heterocycles. The molecular formula is C24H24O2. The lowest BCUT2D eigenvalue weighted by molar-refractivity contribution is 0.0732. The van der Waals surface area contributed by atoms with Gasteiger partial charge in [0.25, 0.3) is 0 Å². The summed E-state index contributed by atoms with van der Waals surface area (Å²) in [6.45, 7) is 8.40. The Hall–Kier alpha value is -2.87. The maximum atomic E-state index is 12.6. The molecular weight excluding hydrogens is 320 g/mol. The predicted octanol–water partition coefficient (Wildman–Crippen LogP) is 6.18. The van der Waals surface area contributed by atoms with Crippen molar-refractivity contribution in [3.8, 4) is 16.9 Å². The normalized spacial score (nSPS) is 11.2. The molecule has 0 aromatic heterocycles. The number of carbonyl (C=O) groups excluding carboxylic acids is 1. The summed E-state index contributed by atoms with van der Waals surface area (Å²) in [5, 5.41) is 0. The van der Waals surface area contributed by atoms with Gasteiger partial charge in [0, 0.05) is 5.56 Å². The molecule has 0 spiro atoms. The van der Waals surface area contributed by atoms with E-state index in [4.69, 9.17) is 4.74 Å². The Morgan fingerprint density at radius 1 is 0.808 bits per heavy atom. The zero-order valence-electron chi connectivity index (χ0n) is 15.7. The monoisotopic (exact) mass is 344 g/mol. The largest absolute Gasteiger partial charge is 0.423 e. The predicted molar refractivity (Wildman–Crippen MR) is 107 cm³/mol. The quantitative estimate of drug-likeness (QED) is 0.419. The third-order valence-electron chi connectivity index (χ3n) is 4.37. The summed E-state index contributed by atoms with van der Waals surface area (Å²) in [6, 6.07) is 23.6. The van der Waals surface area contributed by atoms with Crippen LogP contribution in [0.1, 0.15) is 42.3 Å². The molecule has 0 unspecified atom stereocenters. The lowest BCUT2D eigenvalue weighted by Gasteiger charge is -2.22. The highest BCUT2D eigenvalue weighted by Crippen LogP contribution is 2.32. The van der Waals surface area contributed by atoms with E-state index in [0.29, 0.717) is 11.3 Å². The van der Waals surface area contributed by atoms with Crippen LogP contribution in [0.3, 0.4) is 0 Å². The number of esters is 1. The number of carbonyl (C=O) groups is 1. The Labute approximate surface area is 155 Å². The summed E-state index contributed by atoms with van der Waals surface area (Å²) >= 11 is 0. The molecule has 0 aliphatic carbocycles. The first-order valence-corrected chi connectivity index (χ1v) is 8.83. The molecule has 0 saturated carbocycles. The molecule has 0 aliphatic rings. The number of aryl methyl sites for hydroxylation is 1. The molecule has 26 heavy (non-hydrogen) atoms. The molecule has 3 rings (SSSR count). The first kappa shape index (κ1) is 17.9. The van der Waals surface area contributed by atoms with Crippen LogP contribution in [0, 0.1) is 6.92 Å². The van der Waals surface area contributed by atoms with E-state index >= 15 is 0 Å². The van der Waals surface area contributed by atoms with Gasteiger partial charge in [-0.2, -0.15) is 0 Å². The Morgan fingerprint density at radius 2 is 1.42 bits per heavy atom. The average molecular weight is 344 g/mol. The maximum absolute atomic E-state index is 12.6. The van der Waals surface area contributed by atoms with Crippen molar-refractivity contribution in [2.45, 2.75) is 33.1 Å². The maximum Gasteiger partial charge on any atom is 0.343 e. The lowest BCUT2D eigenvalue weighted by Crippen LogP contribution is -2.16. The van der Waals surface area contributed by atoms with Gasteiger partial charge in [-0.3, -0.25) is 0 Å². The number of hydrogen-bond acceptors (Lipinski definition) is 2. The Balaban J connectivity index is 1.83. The first-order chi connectivity index (χ1) is 12.3. The van der Waals surface area contributed by atoms with Crippen molar-refractivity contribution in [1.29, 1.82) is 0 Å². The van der Waals surface area contributed by atoms with Gasteiger partial charge in [-0.15, -0.1) is 0 Å². The molecule has 0 bridgehead atoms.